The molecule has 0 radical (unpaired) electrons. The van der Waals surface area contributed by atoms with Crippen LogP contribution < -0.4 is 5.32 Å². The maximum atomic E-state index is 12.5. The van der Waals surface area contributed by atoms with E-state index < -0.39 is 10.0 Å². The third-order valence-corrected chi connectivity index (χ3v) is 5.97. The Labute approximate surface area is 143 Å². The number of hydrogen-bond acceptors (Lipinski definition) is 5. The van der Waals surface area contributed by atoms with E-state index in [0.717, 1.165) is 29.8 Å². The van der Waals surface area contributed by atoms with Crippen LogP contribution in [0.4, 0.5) is 5.95 Å². The third kappa shape index (κ3) is 3.73. The lowest BCUT2D eigenvalue weighted by Crippen LogP contribution is -2.27. The quantitative estimate of drug-likeness (QED) is 0.900. The van der Waals surface area contributed by atoms with Crippen molar-refractivity contribution in [2.45, 2.75) is 38.1 Å². The lowest BCUT2D eigenvalue weighted by atomic mass is 10.2. The molecule has 0 unspecified atom stereocenters. The fourth-order valence-electron chi connectivity index (χ4n) is 2.84. The second-order valence-corrected chi connectivity index (χ2v) is 8.02. The van der Waals surface area contributed by atoms with Gasteiger partial charge in [0.05, 0.1) is 4.90 Å². The van der Waals surface area contributed by atoms with E-state index in [1.165, 1.54) is 0 Å². The average molecular weight is 346 g/mol. The molecule has 128 valence electrons. The highest BCUT2D eigenvalue weighted by Gasteiger charge is 2.26. The molecule has 0 aliphatic carbocycles. The van der Waals surface area contributed by atoms with Crippen LogP contribution in [0.15, 0.2) is 35.2 Å². The Balaban J connectivity index is 1.68. The van der Waals surface area contributed by atoms with Crippen LogP contribution in [-0.2, 0) is 16.6 Å². The van der Waals surface area contributed by atoms with Crippen LogP contribution in [0.1, 0.15) is 29.8 Å². The van der Waals surface area contributed by atoms with Gasteiger partial charge in [-0.05, 0) is 50.5 Å². The monoisotopic (exact) mass is 346 g/mol. The number of aromatic nitrogens is 2. The average Bonchev–Trinajstić information content (AvgIpc) is 3.08. The van der Waals surface area contributed by atoms with Gasteiger partial charge in [0.2, 0.25) is 16.0 Å². The maximum Gasteiger partial charge on any atom is 0.243 e. The number of rotatable bonds is 5. The van der Waals surface area contributed by atoms with Crippen LogP contribution in [0, 0.1) is 13.8 Å². The van der Waals surface area contributed by atoms with E-state index in [1.54, 1.807) is 16.4 Å². The van der Waals surface area contributed by atoms with E-state index in [-0.39, 0.29) is 0 Å². The normalized spacial score (nSPS) is 15.6. The van der Waals surface area contributed by atoms with Crippen molar-refractivity contribution in [1.82, 2.24) is 14.3 Å². The molecule has 7 heteroatoms. The zero-order chi connectivity index (χ0) is 17.2. The first kappa shape index (κ1) is 16.9. The Kier molecular flexibility index (Phi) is 4.82. The van der Waals surface area contributed by atoms with Gasteiger partial charge in [0.25, 0.3) is 0 Å². The molecule has 2 heterocycles. The highest BCUT2D eigenvalue weighted by Crippen LogP contribution is 2.21. The largest absolute Gasteiger partial charge is 0.350 e. The van der Waals surface area contributed by atoms with Crippen molar-refractivity contribution in [3.8, 4) is 0 Å². The molecule has 1 aromatic heterocycles. The van der Waals surface area contributed by atoms with Crippen molar-refractivity contribution in [3.63, 3.8) is 0 Å². The minimum Gasteiger partial charge on any atom is -0.350 e. The molecule has 6 nitrogen and oxygen atoms in total. The first-order chi connectivity index (χ1) is 11.4. The summed E-state index contributed by atoms with van der Waals surface area (Å²) in [6.45, 7) is 5.65. The molecule has 2 aromatic rings. The highest BCUT2D eigenvalue weighted by atomic mass is 32.2. The molecule has 0 atom stereocenters. The summed E-state index contributed by atoms with van der Waals surface area (Å²) in [5, 5.41) is 3.17. The van der Waals surface area contributed by atoms with E-state index in [9.17, 15) is 8.42 Å². The number of nitrogens with zero attached hydrogens (tertiary/aromatic N) is 3. The van der Waals surface area contributed by atoms with Crippen molar-refractivity contribution in [1.29, 1.82) is 0 Å². The molecule has 1 aliphatic heterocycles. The molecule has 0 saturated carbocycles. The topological polar surface area (TPSA) is 75.2 Å². The second-order valence-electron chi connectivity index (χ2n) is 6.08. The molecular formula is C17H22N4O2S. The lowest BCUT2D eigenvalue weighted by Gasteiger charge is -2.15. The second kappa shape index (κ2) is 6.86. The van der Waals surface area contributed by atoms with Crippen LogP contribution in [0.2, 0.25) is 0 Å². The SMILES string of the molecule is Cc1cc(C)nc(NCc2ccc(S(=O)(=O)N3CCCC3)cc2)n1. The number of aryl methyl sites for hydroxylation is 2. The third-order valence-electron chi connectivity index (χ3n) is 4.06. The molecule has 3 rings (SSSR count). The molecular weight excluding hydrogens is 324 g/mol. The van der Waals surface area contributed by atoms with Crippen molar-refractivity contribution < 1.29 is 8.42 Å². The van der Waals surface area contributed by atoms with E-state index in [2.05, 4.69) is 15.3 Å². The summed E-state index contributed by atoms with van der Waals surface area (Å²) in [6.07, 6.45) is 1.88. The van der Waals surface area contributed by atoms with Crippen LogP contribution in [0.25, 0.3) is 0 Å². The maximum absolute atomic E-state index is 12.5. The van der Waals surface area contributed by atoms with Gasteiger partial charge in [-0.3, -0.25) is 0 Å². The van der Waals surface area contributed by atoms with Crippen molar-refractivity contribution >= 4 is 16.0 Å². The molecule has 1 saturated heterocycles. The summed E-state index contributed by atoms with van der Waals surface area (Å²) in [7, 11) is -3.35. The molecule has 1 fully saturated rings. The van der Waals surface area contributed by atoms with Crippen molar-refractivity contribution in [2.24, 2.45) is 0 Å². The summed E-state index contributed by atoms with van der Waals surface area (Å²) in [6, 6.07) is 8.93. The fraction of sp³-hybridized carbons (Fsp3) is 0.412. The van der Waals surface area contributed by atoms with E-state index >= 15 is 0 Å². The van der Waals surface area contributed by atoms with Crippen molar-refractivity contribution in [3.05, 3.63) is 47.3 Å². The number of sulfonamides is 1. The van der Waals surface area contributed by atoms with Crippen LogP contribution in [0.5, 0.6) is 0 Å². The molecule has 0 spiro atoms. The smallest absolute Gasteiger partial charge is 0.243 e. The van der Waals surface area contributed by atoms with Gasteiger partial charge in [-0.2, -0.15) is 4.31 Å². The van der Waals surface area contributed by atoms with E-state index in [4.69, 9.17) is 0 Å². The van der Waals surface area contributed by atoms with Gasteiger partial charge in [-0.25, -0.2) is 18.4 Å². The Morgan fingerprint density at radius 3 is 2.21 bits per heavy atom. The van der Waals surface area contributed by atoms with Gasteiger partial charge in [0.15, 0.2) is 0 Å². The molecule has 0 amide bonds. The number of nitrogens with one attached hydrogen (secondary N) is 1. The first-order valence-corrected chi connectivity index (χ1v) is 9.54. The summed E-state index contributed by atoms with van der Waals surface area (Å²) in [4.78, 5) is 9.02. The summed E-state index contributed by atoms with van der Waals surface area (Å²) in [5.41, 5.74) is 2.81. The molecule has 0 bridgehead atoms. The van der Waals surface area contributed by atoms with Crippen LogP contribution >= 0.6 is 0 Å². The Bertz CT molecular complexity index is 793. The minimum absolute atomic E-state index is 0.357. The predicted molar refractivity (Wildman–Crippen MR) is 93.3 cm³/mol. The predicted octanol–water partition coefficient (Wildman–Crippen LogP) is 2.49. The van der Waals surface area contributed by atoms with Gasteiger partial charge in [0.1, 0.15) is 0 Å². The zero-order valence-electron chi connectivity index (χ0n) is 14.0. The van der Waals surface area contributed by atoms with Gasteiger partial charge in [-0.1, -0.05) is 12.1 Å². The highest BCUT2D eigenvalue weighted by molar-refractivity contribution is 7.89. The Morgan fingerprint density at radius 2 is 1.62 bits per heavy atom. The first-order valence-electron chi connectivity index (χ1n) is 8.10. The Hall–Kier alpha value is -1.99. The van der Waals surface area contributed by atoms with E-state index in [1.807, 2.05) is 32.0 Å². The molecule has 1 aromatic carbocycles. The van der Waals surface area contributed by atoms with E-state index in [0.29, 0.717) is 30.5 Å². The summed E-state index contributed by atoms with van der Waals surface area (Å²) in [5.74, 6) is 0.585. The van der Waals surface area contributed by atoms with Gasteiger partial charge < -0.3 is 5.32 Å². The minimum atomic E-state index is -3.35. The van der Waals surface area contributed by atoms with Crippen LogP contribution in [-0.4, -0.2) is 35.8 Å². The molecule has 24 heavy (non-hydrogen) atoms. The molecule has 1 aliphatic rings. The number of benzene rings is 1. The van der Waals surface area contributed by atoms with Gasteiger partial charge in [-0.15, -0.1) is 0 Å². The Morgan fingerprint density at radius 1 is 1.04 bits per heavy atom. The lowest BCUT2D eigenvalue weighted by molar-refractivity contribution is 0.477. The molecule has 1 N–H and O–H groups in total. The van der Waals surface area contributed by atoms with Crippen molar-refractivity contribution in [2.75, 3.05) is 18.4 Å². The van der Waals surface area contributed by atoms with Gasteiger partial charge >= 0.3 is 0 Å². The van der Waals surface area contributed by atoms with Crippen LogP contribution in [0.3, 0.4) is 0 Å². The zero-order valence-corrected chi connectivity index (χ0v) is 14.8. The summed E-state index contributed by atoms with van der Waals surface area (Å²) >= 11 is 0. The fourth-order valence-corrected chi connectivity index (χ4v) is 4.36. The van der Waals surface area contributed by atoms with Gasteiger partial charge in [0, 0.05) is 31.0 Å². The summed E-state index contributed by atoms with van der Waals surface area (Å²) < 4.78 is 26.5. The number of hydrogen-bond donors (Lipinski definition) is 1. The standard InChI is InChI=1S/C17H22N4O2S/c1-13-11-14(2)20-17(19-13)18-12-15-5-7-16(8-6-15)24(22,23)21-9-3-4-10-21/h5-8,11H,3-4,9-10,12H2,1-2H3,(H,18,19,20). The number of anilines is 1.